The third-order valence-electron chi connectivity index (χ3n) is 2.79. The Balaban J connectivity index is 2.49. The summed E-state index contributed by atoms with van der Waals surface area (Å²) in [5.74, 6) is 0.231. The molecule has 1 aromatic carbocycles. The Labute approximate surface area is 120 Å². The summed E-state index contributed by atoms with van der Waals surface area (Å²) in [6, 6.07) is 3.30. The zero-order valence-corrected chi connectivity index (χ0v) is 11.8. The second kappa shape index (κ2) is 6.23. The molecular formula is C13H15N3O5. The molecule has 0 spiro atoms. The average molecular weight is 293 g/mol. The van der Waals surface area contributed by atoms with Crippen molar-refractivity contribution in [1.82, 2.24) is 4.98 Å². The summed E-state index contributed by atoms with van der Waals surface area (Å²) in [6.07, 6.45) is 0. The lowest BCUT2D eigenvalue weighted by molar-refractivity contribution is -0.121. The monoisotopic (exact) mass is 293 g/mol. The number of H-pyrrole nitrogens is 1. The quantitative estimate of drug-likeness (QED) is 0.822. The van der Waals surface area contributed by atoms with E-state index in [1.54, 1.807) is 12.1 Å². The third kappa shape index (κ3) is 2.95. The SMILES string of the molecule is COCC(=O)N=Nc1c(O)[nH]c2cc(OC)c(OC)cc12. The van der Waals surface area contributed by atoms with Crippen molar-refractivity contribution in [3.8, 4) is 17.4 Å². The highest BCUT2D eigenvalue weighted by Gasteiger charge is 2.15. The highest BCUT2D eigenvalue weighted by Crippen LogP contribution is 2.41. The molecule has 21 heavy (non-hydrogen) atoms. The van der Waals surface area contributed by atoms with Gasteiger partial charge in [-0.15, -0.1) is 10.2 Å². The van der Waals surface area contributed by atoms with Gasteiger partial charge < -0.3 is 24.3 Å². The Morgan fingerprint density at radius 1 is 1.24 bits per heavy atom. The number of hydrogen-bond acceptors (Lipinski definition) is 6. The second-order valence-electron chi connectivity index (χ2n) is 4.10. The van der Waals surface area contributed by atoms with Gasteiger partial charge in [-0.1, -0.05) is 0 Å². The van der Waals surface area contributed by atoms with Crippen LogP contribution >= 0.6 is 0 Å². The van der Waals surface area contributed by atoms with Crippen molar-refractivity contribution in [3.63, 3.8) is 0 Å². The molecule has 2 N–H and O–H groups in total. The molecule has 0 saturated carbocycles. The molecule has 1 aromatic heterocycles. The van der Waals surface area contributed by atoms with Crippen LogP contribution in [0.4, 0.5) is 5.69 Å². The van der Waals surface area contributed by atoms with Gasteiger partial charge in [0.15, 0.2) is 17.2 Å². The number of aromatic nitrogens is 1. The maximum atomic E-state index is 11.3. The molecule has 0 radical (unpaired) electrons. The smallest absolute Gasteiger partial charge is 0.290 e. The normalized spacial score (nSPS) is 11.2. The Kier molecular flexibility index (Phi) is 4.39. The van der Waals surface area contributed by atoms with Crippen molar-refractivity contribution in [2.24, 2.45) is 10.2 Å². The van der Waals surface area contributed by atoms with Crippen molar-refractivity contribution < 1.29 is 24.1 Å². The van der Waals surface area contributed by atoms with Crippen LogP contribution in [0.5, 0.6) is 17.4 Å². The third-order valence-corrected chi connectivity index (χ3v) is 2.79. The number of rotatable bonds is 5. The van der Waals surface area contributed by atoms with Crippen LogP contribution in [-0.2, 0) is 9.53 Å². The first-order chi connectivity index (χ1) is 10.1. The summed E-state index contributed by atoms with van der Waals surface area (Å²) in [6.45, 7) is -0.177. The van der Waals surface area contributed by atoms with Crippen LogP contribution in [0.2, 0.25) is 0 Å². The summed E-state index contributed by atoms with van der Waals surface area (Å²) in [5, 5.41) is 17.7. The second-order valence-corrected chi connectivity index (χ2v) is 4.10. The van der Waals surface area contributed by atoms with E-state index in [1.165, 1.54) is 21.3 Å². The lowest BCUT2D eigenvalue weighted by Gasteiger charge is -2.06. The van der Waals surface area contributed by atoms with Crippen LogP contribution in [0.1, 0.15) is 0 Å². The Morgan fingerprint density at radius 3 is 2.52 bits per heavy atom. The van der Waals surface area contributed by atoms with Gasteiger partial charge in [-0.2, -0.15) is 0 Å². The van der Waals surface area contributed by atoms with Gasteiger partial charge in [0.05, 0.1) is 19.7 Å². The number of amides is 1. The first kappa shape index (κ1) is 14.8. The summed E-state index contributed by atoms with van der Waals surface area (Å²) in [7, 11) is 4.39. The van der Waals surface area contributed by atoms with Crippen molar-refractivity contribution >= 4 is 22.5 Å². The number of nitrogens with zero attached hydrogens (tertiary/aromatic N) is 2. The maximum absolute atomic E-state index is 11.3. The van der Waals surface area contributed by atoms with E-state index in [1.807, 2.05) is 0 Å². The molecule has 8 nitrogen and oxygen atoms in total. The fourth-order valence-electron chi connectivity index (χ4n) is 1.85. The zero-order chi connectivity index (χ0) is 15.4. The van der Waals surface area contributed by atoms with Gasteiger partial charge >= 0.3 is 0 Å². The van der Waals surface area contributed by atoms with Gasteiger partial charge in [0.25, 0.3) is 5.91 Å². The van der Waals surface area contributed by atoms with E-state index < -0.39 is 5.91 Å². The fourth-order valence-corrected chi connectivity index (χ4v) is 1.85. The van der Waals surface area contributed by atoms with Gasteiger partial charge in [0.2, 0.25) is 5.88 Å². The standard InChI is InChI=1S/C13H15N3O5/c1-19-6-11(17)15-16-12-7-4-9(20-2)10(21-3)5-8(7)14-13(12)18/h4-5,14,18H,6H2,1-3H3. The average Bonchev–Trinajstić information content (AvgIpc) is 2.78. The number of azo groups is 1. The number of methoxy groups -OCH3 is 3. The number of ether oxygens (including phenoxy) is 3. The fraction of sp³-hybridized carbons (Fsp3) is 0.308. The van der Waals surface area contributed by atoms with Gasteiger partial charge in [-0.3, -0.25) is 4.79 Å². The van der Waals surface area contributed by atoms with Crippen LogP contribution < -0.4 is 9.47 Å². The van der Waals surface area contributed by atoms with Crippen LogP contribution in [0.3, 0.4) is 0 Å². The lowest BCUT2D eigenvalue weighted by atomic mass is 10.2. The number of aromatic amines is 1. The molecule has 2 aromatic rings. The number of carbonyl (C=O) groups excluding carboxylic acids is 1. The minimum absolute atomic E-state index is 0.149. The summed E-state index contributed by atoms with van der Waals surface area (Å²) in [4.78, 5) is 14.0. The molecule has 8 heteroatoms. The highest BCUT2D eigenvalue weighted by atomic mass is 16.5. The predicted octanol–water partition coefficient (Wildman–Crippen LogP) is 2.15. The highest BCUT2D eigenvalue weighted by molar-refractivity contribution is 5.96. The van der Waals surface area contributed by atoms with Crippen LogP contribution in [0.25, 0.3) is 10.9 Å². The number of fused-ring (bicyclic) bond motifs is 1. The Morgan fingerprint density at radius 2 is 1.90 bits per heavy atom. The van der Waals surface area contributed by atoms with E-state index in [2.05, 4.69) is 19.9 Å². The van der Waals surface area contributed by atoms with E-state index >= 15 is 0 Å². The van der Waals surface area contributed by atoms with E-state index in [4.69, 9.17) is 9.47 Å². The number of aromatic hydroxyl groups is 1. The molecule has 1 amide bonds. The van der Waals surface area contributed by atoms with Crippen molar-refractivity contribution in [3.05, 3.63) is 12.1 Å². The minimum atomic E-state index is -0.549. The maximum Gasteiger partial charge on any atom is 0.290 e. The first-order valence-electron chi connectivity index (χ1n) is 6.00. The number of benzene rings is 1. The number of carbonyl (C=O) groups is 1. The molecule has 0 saturated heterocycles. The lowest BCUT2D eigenvalue weighted by Crippen LogP contribution is -2.01. The molecule has 0 aliphatic heterocycles. The van der Waals surface area contributed by atoms with Gasteiger partial charge in [0.1, 0.15) is 6.61 Å². The molecule has 1 heterocycles. The van der Waals surface area contributed by atoms with Gasteiger partial charge in [-0.05, 0) is 6.07 Å². The van der Waals surface area contributed by atoms with Crippen molar-refractivity contribution in [2.45, 2.75) is 0 Å². The summed E-state index contributed by atoms with van der Waals surface area (Å²) in [5.41, 5.74) is 0.730. The largest absolute Gasteiger partial charge is 0.493 e. The van der Waals surface area contributed by atoms with E-state index in [0.29, 0.717) is 22.4 Å². The van der Waals surface area contributed by atoms with E-state index in [0.717, 1.165) is 0 Å². The Bertz CT molecular complexity index is 693. The van der Waals surface area contributed by atoms with Gasteiger partial charge in [0, 0.05) is 18.6 Å². The summed E-state index contributed by atoms with van der Waals surface area (Å²) >= 11 is 0. The molecule has 0 aliphatic rings. The van der Waals surface area contributed by atoms with E-state index in [9.17, 15) is 9.90 Å². The first-order valence-corrected chi connectivity index (χ1v) is 6.00. The molecule has 0 unspecified atom stereocenters. The number of nitrogens with one attached hydrogen (secondary N) is 1. The van der Waals surface area contributed by atoms with Gasteiger partial charge in [-0.25, -0.2) is 0 Å². The predicted molar refractivity (Wildman–Crippen MR) is 74.5 cm³/mol. The molecule has 112 valence electrons. The molecular weight excluding hydrogens is 278 g/mol. The van der Waals surface area contributed by atoms with E-state index in [-0.39, 0.29) is 18.2 Å². The molecule has 0 fully saturated rings. The summed E-state index contributed by atoms with van der Waals surface area (Å²) < 4.78 is 15.0. The number of hydrogen-bond donors (Lipinski definition) is 2. The molecule has 0 aliphatic carbocycles. The zero-order valence-electron chi connectivity index (χ0n) is 11.8. The van der Waals surface area contributed by atoms with Crippen LogP contribution in [0.15, 0.2) is 22.4 Å². The Hall–Kier alpha value is -2.61. The van der Waals surface area contributed by atoms with Crippen molar-refractivity contribution in [1.29, 1.82) is 0 Å². The molecule has 0 atom stereocenters. The van der Waals surface area contributed by atoms with Crippen molar-refractivity contribution in [2.75, 3.05) is 27.9 Å². The molecule has 0 bridgehead atoms. The van der Waals surface area contributed by atoms with Crippen LogP contribution in [0, 0.1) is 0 Å². The van der Waals surface area contributed by atoms with Crippen LogP contribution in [-0.4, -0.2) is 43.9 Å². The minimum Gasteiger partial charge on any atom is -0.493 e. The topological polar surface area (TPSA) is 106 Å². The molecule has 2 rings (SSSR count).